The van der Waals surface area contributed by atoms with Crippen LogP contribution in [0.5, 0.6) is 11.6 Å². The first-order valence-corrected chi connectivity index (χ1v) is 6.08. The Morgan fingerprint density at radius 3 is 2.48 bits per heavy atom. The summed E-state index contributed by atoms with van der Waals surface area (Å²) in [7, 11) is 0. The van der Waals surface area contributed by atoms with E-state index in [1.54, 1.807) is 18.2 Å². The molecule has 0 bridgehead atoms. The van der Waals surface area contributed by atoms with Crippen molar-refractivity contribution in [1.82, 2.24) is 9.97 Å². The lowest BCUT2D eigenvalue weighted by molar-refractivity contribution is -0.384. The second-order valence-corrected chi connectivity index (χ2v) is 4.26. The molecule has 0 unspecified atom stereocenters. The standard InChI is InChI=1S/C14H10N4O3/c15-13-14(17-12-7-2-1-6-11(12)16-13)21-10-5-3-4-9(8-10)18(19)20/h1-8H,(H2,15,16). The number of nitrogen functional groups attached to an aromatic ring is 1. The largest absolute Gasteiger partial charge is 0.436 e. The van der Waals surface area contributed by atoms with Crippen LogP contribution in [0.1, 0.15) is 0 Å². The molecule has 0 fully saturated rings. The van der Waals surface area contributed by atoms with Crippen molar-refractivity contribution >= 4 is 22.5 Å². The number of anilines is 1. The van der Waals surface area contributed by atoms with Crippen LogP contribution in [0, 0.1) is 10.1 Å². The molecule has 0 atom stereocenters. The lowest BCUT2D eigenvalue weighted by Gasteiger charge is -2.07. The highest BCUT2D eigenvalue weighted by Gasteiger charge is 2.11. The highest BCUT2D eigenvalue weighted by molar-refractivity contribution is 5.76. The summed E-state index contributed by atoms with van der Waals surface area (Å²) in [5, 5.41) is 10.7. The Labute approximate surface area is 119 Å². The van der Waals surface area contributed by atoms with E-state index in [-0.39, 0.29) is 23.1 Å². The smallest absolute Gasteiger partial charge is 0.273 e. The third kappa shape index (κ3) is 2.57. The van der Waals surface area contributed by atoms with Gasteiger partial charge in [0.25, 0.3) is 11.6 Å². The zero-order chi connectivity index (χ0) is 14.8. The molecule has 0 spiro atoms. The van der Waals surface area contributed by atoms with Crippen LogP contribution in [0.25, 0.3) is 11.0 Å². The second kappa shape index (κ2) is 5.04. The third-order valence-corrected chi connectivity index (χ3v) is 2.81. The maximum atomic E-state index is 10.7. The van der Waals surface area contributed by atoms with E-state index in [1.807, 2.05) is 12.1 Å². The topological polar surface area (TPSA) is 104 Å². The zero-order valence-electron chi connectivity index (χ0n) is 10.8. The number of benzene rings is 2. The molecular weight excluding hydrogens is 272 g/mol. The second-order valence-electron chi connectivity index (χ2n) is 4.26. The number of nitrogens with two attached hydrogens (primary N) is 1. The van der Waals surface area contributed by atoms with Crippen molar-refractivity contribution < 1.29 is 9.66 Å². The quantitative estimate of drug-likeness (QED) is 0.585. The average molecular weight is 282 g/mol. The molecule has 1 aromatic heterocycles. The number of para-hydroxylation sites is 2. The summed E-state index contributed by atoms with van der Waals surface area (Å²) < 4.78 is 5.51. The molecule has 0 saturated heterocycles. The summed E-state index contributed by atoms with van der Waals surface area (Å²) in [4.78, 5) is 18.7. The van der Waals surface area contributed by atoms with Crippen molar-refractivity contribution in [3.63, 3.8) is 0 Å². The molecule has 7 nitrogen and oxygen atoms in total. The number of nitro benzene ring substituents is 1. The average Bonchev–Trinajstić information content (AvgIpc) is 2.48. The van der Waals surface area contributed by atoms with Gasteiger partial charge < -0.3 is 10.5 Å². The number of fused-ring (bicyclic) bond motifs is 1. The minimum atomic E-state index is -0.498. The minimum Gasteiger partial charge on any atom is -0.436 e. The SMILES string of the molecule is Nc1nc2ccccc2nc1Oc1cccc([N+](=O)[O-])c1. The van der Waals surface area contributed by atoms with Crippen LogP contribution in [0.2, 0.25) is 0 Å². The summed E-state index contributed by atoms with van der Waals surface area (Å²) >= 11 is 0. The van der Waals surface area contributed by atoms with Crippen molar-refractivity contribution in [2.75, 3.05) is 5.73 Å². The van der Waals surface area contributed by atoms with Crippen LogP contribution >= 0.6 is 0 Å². The summed E-state index contributed by atoms with van der Waals surface area (Å²) in [6.07, 6.45) is 0. The van der Waals surface area contributed by atoms with Crippen LogP contribution < -0.4 is 10.5 Å². The predicted octanol–water partition coefficient (Wildman–Crippen LogP) is 2.91. The van der Waals surface area contributed by atoms with Gasteiger partial charge in [-0.2, -0.15) is 0 Å². The molecule has 0 aliphatic rings. The first kappa shape index (κ1) is 12.8. The van der Waals surface area contributed by atoms with Gasteiger partial charge >= 0.3 is 0 Å². The van der Waals surface area contributed by atoms with Gasteiger partial charge in [-0.3, -0.25) is 10.1 Å². The molecule has 0 radical (unpaired) electrons. The van der Waals surface area contributed by atoms with Crippen LogP contribution in [0.15, 0.2) is 48.5 Å². The van der Waals surface area contributed by atoms with Gasteiger partial charge in [-0.05, 0) is 18.2 Å². The maximum absolute atomic E-state index is 10.7. The number of hydrogen-bond donors (Lipinski definition) is 1. The summed E-state index contributed by atoms with van der Waals surface area (Å²) in [6.45, 7) is 0. The highest BCUT2D eigenvalue weighted by Crippen LogP contribution is 2.28. The molecule has 3 rings (SSSR count). The number of non-ortho nitro benzene ring substituents is 1. The van der Waals surface area contributed by atoms with E-state index in [2.05, 4.69) is 9.97 Å². The number of rotatable bonds is 3. The van der Waals surface area contributed by atoms with E-state index in [0.29, 0.717) is 11.0 Å². The molecule has 0 amide bonds. The third-order valence-electron chi connectivity index (χ3n) is 2.81. The molecule has 1 heterocycles. The maximum Gasteiger partial charge on any atom is 0.273 e. The molecule has 7 heteroatoms. The Morgan fingerprint density at radius 2 is 1.76 bits per heavy atom. The van der Waals surface area contributed by atoms with Gasteiger partial charge in [0.15, 0.2) is 5.82 Å². The summed E-state index contributed by atoms with van der Waals surface area (Å²) in [6, 6.07) is 13.0. The van der Waals surface area contributed by atoms with Gasteiger partial charge in [0, 0.05) is 6.07 Å². The molecule has 2 aromatic carbocycles. The summed E-state index contributed by atoms with van der Waals surface area (Å²) in [5.74, 6) is 0.523. The Balaban J connectivity index is 1.99. The van der Waals surface area contributed by atoms with Gasteiger partial charge in [-0.1, -0.05) is 18.2 Å². The lowest BCUT2D eigenvalue weighted by Crippen LogP contribution is -1.99. The van der Waals surface area contributed by atoms with E-state index < -0.39 is 4.92 Å². The summed E-state index contributed by atoms with van der Waals surface area (Å²) in [5.41, 5.74) is 7.02. The number of nitro groups is 1. The minimum absolute atomic E-state index is 0.0696. The molecule has 3 aromatic rings. The number of hydrogen-bond acceptors (Lipinski definition) is 6. The van der Waals surface area contributed by atoms with Gasteiger partial charge in [-0.15, -0.1) is 0 Å². The van der Waals surface area contributed by atoms with Crippen molar-refractivity contribution in [2.45, 2.75) is 0 Å². The fourth-order valence-electron chi connectivity index (χ4n) is 1.84. The Bertz CT molecular complexity index is 835. The van der Waals surface area contributed by atoms with Crippen molar-refractivity contribution in [3.8, 4) is 11.6 Å². The Hall–Kier alpha value is -3.22. The van der Waals surface area contributed by atoms with E-state index in [0.717, 1.165) is 0 Å². The van der Waals surface area contributed by atoms with Gasteiger partial charge in [-0.25, -0.2) is 9.97 Å². The van der Waals surface area contributed by atoms with Crippen molar-refractivity contribution in [1.29, 1.82) is 0 Å². The van der Waals surface area contributed by atoms with Crippen LogP contribution in [0.4, 0.5) is 11.5 Å². The van der Waals surface area contributed by atoms with Gasteiger partial charge in [0.1, 0.15) is 5.75 Å². The van der Waals surface area contributed by atoms with Gasteiger partial charge in [0.05, 0.1) is 22.0 Å². The molecule has 0 aliphatic heterocycles. The molecule has 0 aliphatic carbocycles. The fraction of sp³-hybridized carbons (Fsp3) is 0. The first-order chi connectivity index (χ1) is 10.1. The Kier molecular flexibility index (Phi) is 3.07. The van der Waals surface area contributed by atoms with E-state index in [9.17, 15) is 10.1 Å². The highest BCUT2D eigenvalue weighted by atomic mass is 16.6. The molecule has 2 N–H and O–H groups in total. The zero-order valence-corrected chi connectivity index (χ0v) is 10.8. The van der Waals surface area contributed by atoms with E-state index >= 15 is 0 Å². The van der Waals surface area contributed by atoms with Crippen molar-refractivity contribution in [2.24, 2.45) is 0 Å². The van der Waals surface area contributed by atoms with Gasteiger partial charge in [0.2, 0.25) is 0 Å². The van der Waals surface area contributed by atoms with E-state index in [1.165, 1.54) is 18.2 Å². The first-order valence-electron chi connectivity index (χ1n) is 6.08. The van der Waals surface area contributed by atoms with Crippen LogP contribution in [-0.4, -0.2) is 14.9 Å². The number of aromatic nitrogens is 2. The van der Waals surface area contributed by atoms with Crippen molar-refractivity contribution in [3.05, 3.63) is 58.6 Å². The van der Waals surface area contributed by atoms with E-state index in [4.69, 9.17) is 10.5 Å². The monoisotopic (exact) mass is 282 g/mol. The number of ether oxygens (including phenoxy) is 1. The lowest BCUT2D eigenvalue weighted by atomic mass is 10.3. The molecular formula is C14H10N4O3. The molecule has 104 valence electrons. The number of nitrogens with zero attached hydrogens (tertiary/aromatic N) is 3. The molecule has 0 saturated carbocycles. The fourth-order valence-corrected chi connectivity index (χ4v) is 1.84. The predicted molar refractivity (Wildman–Crippen MR) is 77.1 cm³/mol. The van der Waals surface area contributed by atoms with Crippen LogP contribution in [-0.2, 0) is 0 Å². The van der Waals surface area contributed by atoms with Crippen LogP contribution in [0.3, 0.4) is 0 Å². The molecule has 21 heavy (non-hydrogen) atoms. The normalized spacial score (nSPS) is 10.5. The Morgan fingerprint density at radius 1 is 1.05 bits per heavy atom.